The summed E-state index contributed by atoms with van der Waals surface area (Å²) >= 11 is 12.9. The maximum absolute atomic E-state index is 5.98. The van der Waals surface area contributed by atoms with Gasteiger partial charge >= 0.3 is 0 Å². The molecule has 3 aromatic rings. The fourth-order valence-corrected chi connectivity index (χ4v) is 2.68. The Labute approximate surface area is 131 Å². The average molecular weight is 402 g/mol. The van der Waals surface area contributed by atoms with Crippen molar-refractivity contribution < 1.29 is 4.42 Å². The summed E-state index contributed by atoms with van der Waals surface area (Å²) in [6, 6.07) is 9.17. The predicted molar refractivity (Wildman–Crippen MR) is 84.3 cm³/mol. The first kappa shape index (κ1) is 13.0. The Morgan fingerprint density at radius 3 is 2.74 bits per heavy atom. The maximum Gasteiger partial charge on any atom is 0.228 e. The van der Waals surface area contributed by atoms with Crippen molar-refractivity contribution in [3.05, 3.63) is 44.3 Å². The quantitative estimate of drug-likeness (QED) is 0.565. The molecule has 0 saturated heterocycles. The van der Waals surface area contributed by atoms with E-state index in [0.717, 1.165) is 14.5 Å². The summed E-state index contributed by atoms with van der Waals surface area (Å²) in [5, 5.41) is 0.473. The molecular weight excluding hydrogens is 395 g/mol. The first-order valence-electron chi connectivity index (χ1n) is 5.35. The Hall–Kier alpha value is -1.04. The van der Waals surface area contributed by atoms with E-state index in [1.54, 1.807) is 12.1 Å². The molecule has 2 N–H and O–H groups in total. The van der Waals surface area contributed by atoms with Crippen LogP contribution < -0.4 is 5.73 Å². The molecule has 3 rings (SSSR count). The summed E-state index contributed by atoms with van der Waals surface area (Å²) < 4.78 is 7.58. The molecule has 96 valence electrons. The van der Waals surface area contributed by atoms with Crippen molar-refractivity contribution in [2.45, 2.75) is 0 Å². The molecule has 0 aliphatic rings. The highest BCUT2D eigenvalue weighted by molar-refractivity contribution is 9.11. The van der Waals surface area contributed by atoms with E-state index in [9.17, 15) is 0 Å². The van der Waals surface area contributed by atoms with Gasteiger partial charge in [-0.2, -0.15) is 0 Å². The largest absolute Gasteiger partial charge is 0.436 e. The number of benzene rings is 2. The molecule has 1 heterocycles. The molecule has 2 aromatic carbocycles. The lowest BCUT2D eigenvalue weighted by Crippen LogP contribution is -1.84. The molecule has 0 aliphatic carbocycles. The standard InChI is InChI=1S/C13H7Br2ClN2O/c14-6-1-2-8(15)7(3-6)13-18-11-4-9(16)10(17)5-12(11)19-13/h1-5H,17H2. The van der Waals surface area contributed by atoms with Gasteiger partial charge in [-0.1, -0.05) is 27.5 Å². The second-order valence-corrected chi connectivity index (χ2v) is 6.16. The van der Waals surface area contributed by atoms with Gasteiger partial charge in [0, 0.05) is 15.0 Å². The highest BCUT2D eigenvalue weighted by atomic mass is 79.9. The lowest BCUT2D eigenvalue weighted by Gasteiger charge is -1.99. The first-order valence-corrected chi connectivity index (χ1v) is 7.32. The normalized spacial score (nSPS) is 11.1. The molecule has 19 heavy (non-hydrogen) atoms. The number of rotatable bonds is 1. The SMILES string of the molecule is Nc1cc2oc(-c3cc(Br)ccc3Br)nc2cc1Cl. The number of aromatic nitrogens is 1. The molecule has 6 heteroatoms. The Kier molecular flexibility index (Phi) is 3.28. The molecule has 0 unspecified atom stereocenters. The predicted octanol–water partition coefficient (Wildman–Crippen LogP) is 5.26. The van der Waals surface area contributed by atoms with Gasteiger partial charge in [-0.25, -0.2) is 4.98 Å². The van der Waals surface area contributed by atoms with Crippen LogP contribution in [0.15, 0.2) is 43.7 Å². The zero-order chi connectivity index (χ0) is 13.6. The Morgan fingerprint density at radius 2 is 1.95 bits per heavy atom. The van der Waals surface area contributed by atoms with Gasteiger partial charge in [-0.3, -0.25) is 0 Å². The lowest BCUT2D eigenvalue weighted by molar-refractivity contribution is 0.619. The highest BCUT2D eigenvalue weighted by Crippen LogP contribution is 2.34. The summed E-state index contributed by atoms with van der Waals surface area (Å²) in [4.78, 5) is 4.43. The number of hydrogen-bond donors (Lipinski definition) is 1. The van der Waals surface area contributed by atoms with Crippen molar-refractivity contribution in [1.82, 2.24) is 4.98 Å². The van der Waals surface area contributed by atoms with E-state index in [0.29, 0.717) is 27.7 Å². The van der Waals surface area contributed by atoms with Crippen molar-refractivity contribution in [1.29, 1.82) is 0 Å². The molecule has 0 saturated carbocycles. The maximum atomic E-state index is 5.98. The zero-order valence-electron chi connectivity index (χ0n) is 9.45. The van der Waals surface area contributed by atoms with E-state index < -0.39 is 0 Å². The van der Waals surface area contributed by atoms with Crippen LogP contribution in [0.5, 0.6) is 0 Å². The fraction of sp³-hybridized carbons (Fsp3) is 0. The van der Waals surface area contributed by atoms with Crippen LogP contribution >= 0.6 is 43.5 Å². The number of nitrogens with zero attached hydrogens (tertiary/aromatic N) is 1. The number of halogens is 3. The number of nitrogens with two attached hydrogens (primary N) is 1. The van der Waals surface area contributed by atoms with Crippen molar-refractivity contribution >= 4 is 60.2 Å². The van der Waals surface area contributed by atoms with Gasteiger partial charge < -0.3 is 10.2 Å². The van der Waals surface area contributed by atoms with Crippen LogP contribution in [0, 0.1) is 0 Å². The van der Waals surface area contributed by atoms with Crippen LogP contribution in [0.2, 0.25) is 5.02 Å². The summed E-state index contributed by atoms with van der Waals surface area (Å²) in [5.74, 6) is 0.518. The number of fused-ring (bicyclic) bond motifs is 1. The molecule has 0 spiro atoms. The van der Waals surface area contributed by atoms with E-state index in [1.165, 1.54) is 0 Å². The van der Waals surface area contributed by atoms with Gasteiger partial charge in [-0.05, 0) is 40.2 Å². The molecule has 0 fully saturated rings. The summed E-state index contributed by atoms with van der Waals surface area (Å²) in [5.41, 5.74) is 8.39. The smallest absolute Gasteiger partial charge is 0.228 e. The second-order valence-electron chi connectivity index (χ2n) is 3.98. The molecule has 0 bridgehead atoms. The third kappa shape index (κ3) is 2.38. The highest BCUT2D eigenvalue weighted by Gasteiger charge is 2.13. The molecule has 0 atom stereocenters. The second kappa shape index (κ2) is 4.81. The van der Waals surface area contributed by atoms with Gasteiger partial charge in [0.05, 0.1) is 16.3 Å². The minimum absolute atomic E-state index is 0.473. The van der Waals surface area contributed by atoms with Crippen LogP contribution in [-0.4, -0.2) is 4.98 Å². The number of hydrogen-bond acceptors (Lipinski definition) is 3. The molecule has 3 nitrogen and oxygen atoms in total. The Balaban J connectivity index is 2.23. The first-order chi connectivity index (χ1) is 9.04. The fourth-order valence-electron chi connectivity index (χ4n) is 1.74. The third-order valence-electron chi connectivity index (χ3n) is 2.67. The number of nitrogen functional groups attached to an aromatic ring is 1. The zero-order valence-corrected chi connectivity index (χ0v) is 13.4. The topological polar surface area (TPSA) is 52.0 Å². The van der Waals surface area contributed by atoms with E-state index >= 15 is 0 Å². The molecule has 0 radical (unpaired) electrons. The van der Waals surface area contributed by atoms with Gasteiger partial charge in [-0.15, -0.1) is 0 Å². The van der Waals surface area contributed by atoms with Crippen molar-refractivity contribution in [3.63, 3.8) is 0 Å². The Bertz CT molecular complexity index is 747. The molecule has 1 aromatic heterocycles. The number of oxazole rings is 1. The average Bonchev–Trinajstić information content (AvgIpc) is 2.75. The van der Waals surface area contributed by atoms with Gasteiger partial charge in [0.15, 0.2) is 5.58 Å². The van der Waals surface area contributed by atoms with Crippen LogP contribution in [-0.2, 0) is 0 Å². The van der Waals surface area contributed by atoms with E-state index in [2.05, 4.69) is 36.8 Å². The molecule has 0 aliphatic heterocycles. The van der Waals surface area contributed by atoms with Gasteiger partial charge in [0.25, 0.3) is 0 Å². The molecular formula is C13H7Br2ClN2O. The van der Waals surface area contributed by atoms with Crippen molar-refractivity contribution in [3.8, 4) is 11.5 Å². The lowest BCUT2D eigenvalue weighted by atomic mass is 10.2. The summed E-state index contributed by atoms with van der Waals surface area (Å²) in [7, 11) is 0. The van der Waals surface area contributed by atoms with Crippen molar-refractivity contribution in [2.24, 2.45) is 0 Å². The van der Waals surface area contributed by atoms with E-state index in [1.807, 2.05) is 18.2 Å². The third-order valence-corrected chi connectivity index (χ3v) is 4.18. The number of anilines is 1. The van der Waals surface area contributed by atoms with E-state index in [-0.39, 0.29) is 0 Å². The van der Waals surface area contributed by atoms with Crippen molar-refractivity contribution in [2.75, 3.05) is 5.73 Å². The van der Waals surface area contributed by atoms with Gasteiger partial charge in [0.2, 0.25) is 5.89 Å². The van der Waals surface area contributed by atoms with Gasteiger partial charge in [0.1, 0.15) is 5.52 Å². The molecule has 0 amide bonds. The Morgan fingerprint density at radius 1 is 1.16 bits per heavy atom. The summed E-state index contributed by atoms with van der Waals surface area (Å²) in [6.07, 6.45) is 0. The summed E-state index contributed by atoms with van der Waals surface area (Å²) in [6.45, 7) is 0. The van der Waals surface area contributed by atoms with Crippen LogP contribution in [0.4, 0.5) is 5.69 Å². The van der Waals surface area contributed by atoms with Crippen LogP contribution in [0.25, 0.3) is 22.6 Å². The van der Waals surface area contributed by atoms with Crippen LogP contribution in [0.1, 0.15) is 0 Å². The minimum Gasteiger partial charge on any atom is -0.436 e. The minimum atomic E-state index is 0.473. The van der Waals surface area contributed by atoms with Crippen LogP contribution in [0.3, 0.4) is 0 Å². The van der Waals surface area contributed by atoms with E-state index in [4.69, 9.17) is 21.8 Å². The monoisotopic (exact) mass is 400 g/mol.